The van der Waals surface area contributed by atoms with Crippen LogP contribution < -0.4 is 5.73 Å². The highest BCUT2D eigenvalue weighted by molar-refractivity contribution is 5.70. The van der Waals surface area contributed by atoms with E-state index in [0.717, 1.165) is 19.5 Å². The minimum Gasteiger partial charge on any atom is -0.444 e. The largest absolute Gasteiger partial charge is 0.444 e. The van der Waals surface area contributed by atoms with E-state index in [9.17, 15) is 14.4 Å². The van der Waals surface area contributed by atoms with Crippen LogP contribution in [0, 0.1) is 0 Å². The van der Waals surface area contributed by atoms with Crippen molar-refractivity contribution in [2.75, 3.05) is 65.4 Å². The SMILES string of the molecule is CC(C)(C)OC(=O)N1CCCN(C(=O)OC(C)(C)C)CCN(C(=O)OC(C)(C)C)CCCN(CCCN)CC1. The molecule has 0 aromatic rings. The molecular formula is C28H55N5O6. The summed E-state index contributed by atoms with van der Waals surface area (Å²) in [4.78, 5) is 46.4. The first-order valence-electron chi connectivity index (χ1n) is 14.3. The average Bonchev–Trinajstić information content (AvgIpc) is 2.75. The van der Waals surface area contributed by atoms with E-state index in [1.807, 2.05) is 62.3 Å². The number of carbonyl (C=O) groups excluding carboxylic acids is 3. The highest BCUT2D eigenvalue weighted by Gasteiger charge is 2.28. The Bertz CT molecular complexity index is 772. The van der Waals surface area contributed by atoms with E-state index in [1.165, 1.54) is 0 Å². The minimum absolute atomic E-state index is 0.289. The highest BCUT2D eigenvalue weighted by atomic mass is 16.6. The lowest BCUT2D eigenvalue weighted by Gasteiger charge is -2.34. The van der Waals surface area contributed by atoms with Crippen LogP contribution in [0.15, 0.2) is 0 Å². The Balaban J connectivity index is 3.17. The molecule has 39 heavy (non-hydrogen) atoms. The van der Waals surface area contributed by atoms with Gasteiger partial charge in [0, 0.05) is 45.8 Å². The number of nitrogens with zero attached hydrogens (tertiary/aromatic N) is 4. The van der Waals surface area contributed by atoms with E-state index in [0.29, 0.717) is 58.7 Å². The Morgan fingerprint density at radius 1 is 0.564 bits per heavy atom. The van der Waals surface area contributed by atoms with E-state index in [1.54, 1.807) is 14.7 Å². The van der Waals surface area contributed by atoms with Gasteiger partial charge in [-0.3, -0.25) is 0 Å². The number of hydrogen-bond acceptors (Lipinski definition) is 8. The van der Waals surface area contributed by atoms with Crippen LogP contribution in [0.3, 0.4) is 0 Å². The van der Waals surface area contributed by atoms with Crippen LogP contribution in [0.25, 0.3) is 0 Å². The minimum atomic E-state index is -0.656. The van der Waals surface area contributed by atoms with Gasteiger partial charge < -0.3 is 39.5 Å². The van der Waals surface area contributed by atoms with Crippen molar-refractivity contribution in [3.05, 3.63) is 0 Å². The van der Waals surface area contributed by atoms with Crippen LogP contribution in [0.4, 0.5) is 14.4 Å². The Morgan fingerprint density at radius 3 is 1.23 bits per heavy atom. The van der Waals surface area contributed by atoms with Crippen LogP contribution in [0.1, 0.15) is 81.6 Å². The van der Waals surface area contributed by atoms with Crippen molar-refractivity contribution < 1.29 is 28.6 Å². The Kier molecular flexibility index (Phi) is 13.8. The van der Waals surface area contributed by atoms with E-state index >= 15 is 0 Å². The second kappa shape index (κ2) is 15.5. The molecule has 0 aromatic heterocycles. The Morgan fingerprint density at radius 2 is 0.897 bits per heavy atom. The average molecular weight is 558 g/mol. The van der Waals surface area contributed by atoms with Crippen molar-refractivity contribution in [1.82, 2.24) is 19.6 Å². The molecule has 1 heterocycles. The lowest BCUT2D eigenvalue weighted by molar-refractivity contribution is 0.0102. The monoisotopic (exact) mass is 557 g/mol. The van der Waals surface area contributed by atoms with Crippen molar-refractivity contribution in [2.24, 2.45) is 5.73 Å². The fourth-order valence-electron chi connectivity index (χ4n) is 3.95. The first-order chi connectivity index (χ1) is 17.9. The van der Waals surface area contributed by atoms with Gasteiger partial charge in [0.2, 0.25) is 0 Å². The predicted octanol–water partition coefficient (Wildman–Crippen LogP) is 4.14. The third kappa shape index (κ3) is 15.8. The topological polar surface area (TPSA) is 118 Å². The summed E-state index contributed by atoms with van der Waals surface area (Å²) in [6.45, 7) is 21.7. The number of amides is 3. The number of ether oxygens (including phenoxy) is 3. The molecule has 0 spiro atoms. The number of rotatable bonds is 3. The van der Waals surface area contributed by atoms with Crippen LogP contribution in [-0.4, -0.2) is 120 Å². The molecule has 1 fully saturated rings. The second-order valence-corrected chi connectivity index (χ2v) is 13.1. The third-order valence-corrected chi connectivity index (χ3v) is 5.72. The standard InChI is InChI=1S/C28H55N5O6/c1-26(2,3)37-23(34)31-17-12-18-33(25(36)39-28(7,8)9)22-21-32(24(35)38-27(4,5)6)16-11-15-30(19-20-31)14-10-13-29/h10-22,29H2,1-9H3. The van der Waals surface area contributed by atoms with Gasteiger partial charge in [0.15, 0.2) is 0 Å². The van der Waals surface area contributed by atoms with E-state index in [-0.39, 0.29) is 12.6 Å². The first-order valence-corrected chi connectivity index (χ1v) is 14.3. The molecule has 228 valence electrons. The van der Waals surface area contributed by atoms with Crippen LogP contribution in [-0.2, 0) is 14.2 Å². The molecule has 11 heteroatoms. The second-order valence-electron chi connectivity index (χ2n) is 13.1. The lowest BCUT2D eigenvalue weighted by atomic mass is 10.2. The van der Waals surface area contributed by atoms with Crippen molar-refractivity contribution in [2.45, 2.75) is 98.4 Å². The summed E-state index contributed by atoms with van der Waals surface area (Å²) in [5.74, 6) is 0. The lowest BCUT2D eigenvalue weighted by Crippen LogP contribution is -2.47. The van der Waals surface area contributed by atoms with Gasteiger partial charge in [-0.15, -0.1) is 0 Å². The molecule has 1 aliphatic rings. The van der Waals surface area contributed by atoms with Gasteiger partial charge in [-0.1, -0.05) is 0 Å². The zero-order valence-corrected chi connectivity index (χ0v) is 26.0. The maximum atomic E-state index is 13.1. The van der Waals surface area contributed by atoms with Crippen LogP contribution >= 0.6 is 0 Å². The zero-order chi connectivity index (χ0) is 29.9. The molecule has 0 aromatic carbocycles. The maximum absolute atomic E-state index is 13.1. The van der Waals surface area contributed by atoms with Gasteiger partial charge in [-0.05, 0) is 101 Å². The van der Waals surface area contributed by atoms with Gasteiger partial charge >= 0.3 is 18.3 Å². The summed E-state index contributed by atoms with van der Waals surface area (Å²) in [6.07, 6.45) is 0.871. The molecular weight excluding hydrogens is 502 g/mol. The predicted molar refractivity (Wildman–Crippen MR) is 153 cm³/mol. The Labute approximate surface area is 236 Å². The van der Waals surface area contributed by atoms with Crippen molar-refractivity contribution >= 4 is 18.3 Å². The highest BCUT2D eigenvalue weighted by Crippen LogP contribution is 2.15. The first kappa shape index (κ1) is 34.8. The van der Waals surface area contributed by atoms with Gasteiger partial charge in [-0.2, -0.15) is 0 Å². The molecule has 2 N–H and O–H groups in total. The van der Waals surface area contributed by atoms with Crippen LogP contribution in [0.5, 0.6) is 0 Å². The molecule has 0 saturated carbocycles. The molecule has 0 radical (unpaired) electrons. The molecule has 1 rings (SSSR count). The summed E-state index contributed by atoms with van der Waals surface area (Å²) < 4.78 is 17.0. The van der Waals surface area contributed by atoms with Crippen molar-refractivity contribution in [1.29, 1.82) is 0 Å². The zero-order valence-electron chi connectivity index (χ0n) is 26.0. The summed E-state index contributed by atoms with van der Waals surface area (Å²) in [5.41, 5.74) is 3.88. The molecule has 0 bridgehead atoms. The van der Waals surface area contributed by atoms with Gasteiger partial charge in [0.25, 0.3) is 0 Å². The fraction of sp³-hybridized carbons (Fsp3) is 0.893. The van der Waals surface area contributed by atoms with Gasteiger partial charge in [0.1, 0.15) is 16.8 Å². The third-order valence-electron chi connectivity index (χ3n) is 5.72. The molecule has 1 aliphatic heterocycles. The van der Waals surface area contributed by atoms with Crippen molar-refractivity contribution in [3.8, 4) is 0 Å². The Hall–Kier alpha value is -2.27. The molecule has 0 unspecified atom stereocenters. The molecule has 11 nitrogen and oxygen atoms in total. The summed E-state index contributed by atoms with van der Waals surface area (Å²) in [7, 11) is 0. The molecule has 0 aliphatic carbocycles. The number of carbonyl (C=O) groups is 3. The van der Waals surface area contributed by atoms with Gasteiger partial charge in [-0.25, -0.2) is 14.4 Å². The normalized spacial score (nSPS) is 17.8. The van der Waals surface area contributed by atoms with E-state index in [4.69, 9.17) is 19.9 Å². The van der Waals surface area contributed by atoms with E-state index < -0.39 is 29.0 Å². The maximum Gasteiger partial charge on any atom is 0.410 e. The number of nitrogens with two attached hydrogens (primary N) is 1. The quantitative estimate of drug-likeness (QED) is 0.515. The fourth-order valence-corrected chi connectivity index (χ4v) is 3.95. The van der Waals surface area contributed by atoms with E-state index in [2.05, 4.69) is 4.90 Å². The number of hydrogen-bond donors (Lipinski definition) is 1. The molecule has 0 atom stereocenters. The smallest absolute Gasteiger partial charge is 0.410 e. The van der Waals surface area contributed by atoms with Crippen molar-refractivity contribution in [3.63, 3.8) is 0 Å². The summed E-state index contributed by atoms with van der Waals surface area (Å²) >= 11 is 0. The molecule has 3 amide bonds. The summed E-state index contributed by atoms with van der Waals surface area (Å²) in [6, 6.07) is 0. The molecule has 1 saturated heterocycles. The van der Waals surface area contributed by atoms with Crippen LogP contribution in [0.2, 0.25) is 0 Å². The summed E-state index contributed by atoms with van der Waals surface area (Å²) in [5, 5.41) is 0. The van der Waals surface area contributed by atoms with Gasteiger partial charge in [0.05, 0.1) is 0 Å².